The Morgan fingerprint density at radius 1 is 1.00 bits per heavy atom. The van der Waals surface area contributed by atoms with Crippen molar-refractivity contribution in [3.63, 3.8) is 0 Å². The Hall–Kier alpha value is -3.15. The molecule has 1 aliphatic rings. The third-order valence-corrected chi connectivity index (χ3v) is 6.04. The van der Waals surface area contributed by atoms with Gasteiger partial charge in [0.1, 0.15) is 5.75 Å². The lowest BCUT2D eigenvalue weighted by atomic mass is 9.86. The second-order valence-corrected chi connectivity index (χ2v) is 9.51. The van der Waals surface area contributed by atoms with Gasteiger partial charge in [-0.1, -0.05) is 70.2 Å². The third-order valence-electron chi connectivity index (χ3n) is 6.04. The lowest BCUT2D eigenvalue weighted by molar-refractivity contribution is -0.132. The first-order valence-corrected chi connectivity index (χ1v) is 11.7. The molecule has 0 aromatic heterocycles. The summed E-state index contributed by atoms with van der Waals surface area (Å²) in [5, 5.41) is 2.85. The van der Waals surface area contributed by atoms with Crippen molar-refractivity contribution in [3.05, 3.63) is 65.2 Å². The summed E-state index contributed by atoms with van der Waals surface area (Å²) in [6, 6.07) is 14.1. The zero-order valence-corrected chi connectivity index (χ0v) is 20.0. The van der Waals surface area contributed by atoms with Gasteiger partial charge in [-0.05, 0) is 36.3 Å². The van der Waals surface area contributed by atoms with E-state index in [1.54, 1.807) is 18.2 Å². The van der Waals surface area contributed by atoms with Crippen molar-refractivity contribution in [1.29, 1.82) is 0 Å². The quantitative estimate of drug-likeness (QED) is 0.477. The molecule has 33 heavy (non-hydrogen) atoms. The molecular formula is C27H34N2O4. The van der Waals surface area contributed by atoms with E-state index in [0.29, 0.717) is 17.7 Å². The zero-order valence-electron chi connectivity index (χ0n) is 20.0. The van der Waals surface area contributed by atoms with E-state index in [4.69, 9.17) is 4.74 Å². The number of benzene rings is 2. The summed E-state index contributed by atoms with van der Waals surface area (Å²) in [5.74, 6) is -0.725. The van der Waals surface area contributed by atoms with Crippen molar-refractivity contribution in [1.82, 2.24) is 10.2 Å². The second-order valence-electron chi connectivity index (χ2n) is 9.51. The molecule has 0 saturated carbocycles. The van der Waals surface area contributed by atoms with Crippen LogP contribution in [0.15, 0.2) is 48.5 Å². The minimum atomic E-state index is -0.659. The minimum Gasteiger partial charge on any atom is -0.483 e. The van der Waals surface area contributed by atoms with Crippen molar-refractivity contribution < 1.29 is 19.1 Å². The van der Waals surface area contributed by atoms with E-state index in [2.05, 4.69) is 26.1 Å². The van der Waals surface area contributed by atoms with Gasteiger partial charge in [0.2, 0.25) is 5.78 Å². The molecule has 6 heteroatoms. The maximum absolute atomic E-state index is 12.8. The Morgan fingerprint density at radius 3 is 2.24 bits per heavy atom. The lowest BCUT2D eigenvalue weighted by Crippen LogP contribution is -2.35. The SMILES string of the molecule is CCC(NC(=O)C(=O)c1ccc(C(C)(C)C)cc1)c1ccccc1OCC(=O)N1CCCC1. The Labute approximate surface area is 196 Å². The number of nitrogens with zero attached hydrogens (tertiary/aromatic N) is 1. The van der Waals surface area contributed by atoms with Crippen LogP contribution in [0, 0.1) is 0 Å². The van der Waals surface area contributed by atoms with Gasteiger partial charge in [-0.15, -0.1) is 0 Å². The summed E-state index contributed by atoms with van der Waals surface area (Å²) in [6.07, 6.45) is 2.63. The number of hydrogen-bond acceptors (Lipinski definition) is 4. The highest BCUT2D eigenvalue weighted by atomic mass is 16.5. The number of rotatable bonds is 8. The van der Waals surface area contributed by atoms with Crippen molar-refractivity contribution in [2.45, 2.75) is 58.4 Å². The van der Waals surface area contributed by atoms with Gasteiger partial charge < -0.3 is 15.0 Å². The topological polar surface area (TPSA) is 75.7 Å². The highest BCUT2D eigenvalue weighted by molar-refractivity contribution is 6.42. The fourth-order valence-electron chi connectivity index (χ4n) is 3.97. The first-order chi connectivity index (χ1) is 15.7. The number of para-hydroxylation sites is 1. The summed E-state index contributed by atoms with van der Waals surface area (Å²) >= 11 is 0. The van der Waals surface area contributed by atoms with Gasteiger partial charge in [0.15, 0.2) is 6.61 Å². The molecule has 1 fully saturated rings. The Bertz CT molecular complexity index is 986. The van der Waals surface area contributed by atoms with Gasteiger partial charge in [-0.3, -0.25) is 14.4 Å². The second kappa shape index (κ2) is 10.6. The van der Waals surface area contributed by atoms with Gasteiger partial charge in [0, 0.05) is 24.2 Å². The van der Waals surface area contributed by atoms with Crippen LogP contribution in [0.2, 0.25) is 0 Å². The fraction of sp³-hybridized carbons (Fsp3) is 0.444. The first-order valence-electron chi connectivity index (χ1n) is 11.7. The minimum absolute atomic E-state index is 0.0307. The maximum atomic E-state index is 12.8. The molecule has 1 saturated heterocycles. The van der Waals surface area contributed by atoms with Crippen LogP contribution in [-0.2, 0) is 15.0 Å². The Kier molecular flexibility index (Phi) is 7.90. The molecule has 1 aliphatic heterocycles. The van der Waals surface area contributed by atoms with E-state index in [1.807, 2.05) is 42.2 Å². The van der Waals surface area contributed by atoms with E-state index < -0.39 is 17.7 Å². The number of likely N-dealkylation sites (tertiary alicyclic amines) is 1. The van der Waals surface area contributed by atoms with Crippen molar-refractivity contribution in [3.8, 4) is 5.75 Å². The fourth-order valence-corrected chi connectivity index (χ4v) is 3.97. The van der Waals surface area contributed by atoms with E-state index in [-0.39, 0.29) is 17.9 Å². The molecule has 2 amide bonds. The number of hydrogen-bond donors (Lipinski definition) is 1. The van der Waals surface area contributed by atoms with Gasteiger partial charge in [0.25, 0.3) is 11.8 Å². The largest absolute Gasteiger partial charge is 0.483 e. The highest BCUT2D eigenvalue weighted by Gasteiger charge is 2.24. The van der Waals surface area contributed by atoms with Crippen LogP contribution in [0.4, 0.5) is 0 Å². The molecule has 2 aromatic rings. The average molecular weight is 451 g/mol. The number of amides is 2. The van der Waals surface area contributed by atoms with E-state index in [0.717, 1.165) is 37.1 Å². The molecule has 1 atom stereocenters. The molecule has 0 aliphatic carbocycles. The summed E-state index contributed by atoms with van der Waals surface area (Å²) < 4.78 is 5.84. The molecule has 2 aromatic carbocycles. The van der Waals surface area contributed by atoms with Crippen LogP contribution < -0.4 is 10.1 Å². The summed E-state index contributed by atoms with van der Waals surface area (Å²) in [6.45, 7) is 9.73. The summed E-state index contributed by atoms with van der Waals surface area (Å²) in [7, 11) is 0. The molecule has 3 rings (SSSR count). The lowest BCUT2D eigenvalue weighted by Gasteiger charge is -2.22. The summed E-state index contributed by atoms with van der Waals surface area (Å²) in [5.41, 5.74) is 2.17. The van der Waals surface area contributed by atoms with Gasteiger partial charge >= 0.3 is 0 Å². The van der Waals surface area contributed by atoms with Crippen molar-refractivity contribution in [2.24, 2.45) is 0 Å². The van der Waals surface area contributed by atoms with Crippen LogP contribution in [0.1, 0.15) is 74.5 Å². The molecule has 1 unspecified atom stereocenters. The smallest absolute Gasteiger partial charge is 0.292 e. The van der Waals surface area contributed by atoms with Crippen LogP contribution in [0.25, 0.3) is 0 Å². The van der Waals surface area contributed by atoms with Gasteiger partial charge in [-0.25, -0.2) is 0 Å². The molecular weight excluding hydrogens is 416 g/mol. The average Bonchev–Trinajstić information content (AvgIpc) is 3.35. The monoisotopic (exact) mass is 450 g/mol. The zero-order chi connectivity index (χ0) is 24.0. The van der Waals surface area contributed by atoms with E-state index >= 15 is 0 Å². The van der Waals surface area contributed by atoms with E-state index in [1.165, 1.54) is 0 Å². The highest BCUT2D eigenvalue weighted by Crippen LogP contribution is 2.28. The molecule has 1 heterocycles. The molecule has 0 bridgehead atoms. The number of ether oxygens (including phenoxy) is 1. The predicted octanol–water partition coefficient (Wildman–Crippen LogP) is 4.44. The number of carbonyl (C=O) groups is 3. The number of nitrogens with one attached hydrogen (secondary N) is 1. The van der Waals surface area contributed by atoms with Crippen LogP contribution in [0.5, 0.6) is 5.75 Å². The van der Waals surface area contributed by atoms with Gasteiger partial charge in [0.05, 0.1) is 6.04 Å². The van der Waals surface area contributed by atoms with Gasteiger partial charge in [-0.2, -0.15) is 0 Å². The van der Waals surface area contributed by atoms with E-state index in [9.17, 15) is 14.4 Å². The maximum Gasteiger partial charge on any atom is 0.292 e. The molecule has 0 spiro atoms. The summed E-state index contributed by atoms with van der Waals surface area (Å²) in [4.78, 5) is 39.7. The number of ketones is 1. The predicted molar refractivity (Wildman–Crippen MR) is 128 cm³/mol. The molecule has 0 radical (unpaired) electrons. The first kappa shape index (κ1) is 24.5. The Morgan fingerprint density at radius 2 is 1.64 bits per heavy atom. The molecule has 176 valence electrons. The molecule has 6 nitrogen and oxygen atoms in total. The third kappa shape index (κ3) is 6.21. The van der Waals surface area contributed by atoms with Crippen LogP contribution >= 0.6 is 0 Å². The van der Waals surface area contributed by atoms with Crippen LogP contribution in [-0.4, -0.2) is 42.2 Å². The van der Waals surface area contributed by atoms with Crippen LogP contribution in [0.3, 0.4) is 0 Å². The normalized spacial score (nSPS) is 14.6. The van der Waals surface area contributed by atoms with Crippen molar-refractivity contribution >= 4 is 17.6 Å². The number of Topliss-reactive ketones (excluding diaryl/α,β-unsaturated/α-hetero) is 1. The molecule has 1 N–H and O–H groups in total. The Balaban J connectivity index is 1.68. The van der Waals surface area contributed by atoms with Crippen molar-refractivity contribution in [2.75, 3.05) is 19.7 Å². The standard InChI is InChI=1S/C27H34N2O4/c1-5-22(28-26(32)25(31)19-12-14-20(15-13-19)27(2,3)4)21-10-6-7-11-23(21)33-18-24(30)29-16-8-9-17-29/h6-7,10-15,22H,5,8-9,16-18H2,1-4H3,(H,28,32). The number of carbonyl (C=O) groups excluding carboxylic acids is 3.